The molecule has 5 rings (SSSR count). The molecule has 0 aliphatic heterocycles. The summed E-state index contributed by atoms with van der Waals surface area (Å²) in [6, 6.07) is 23.3. The Morgan fingerprint density at radius 3 is 2.54 bits per heavy atom. The molecule has 1 aromatic heterocycles. The Labute approximate surface area is 204 Å². The Hall–Kier alpha value is -4.19. The third-order valence-electron chi connectivity index (χ3n) is 6.46. The number of furan rings is 1. The molecular formula is C29H27N3O3. The van der Waals surface area contributed by atoms with Crippen LogP contribution in [0.4, 0.5) is 0 Å². The van der Waals surface area contributed by atoms with Gasteiger partial charge in [-0.3, -0.25) is 9.59 Å². The zero-order chi connectivity index (χ0) is 24.4. The summed E-state index contributed by atoms with van der Waals surface area (Å²) in [4.78, 5) is 27.8. The quantitative estimate of drug-likeness (QED) is 0.397. The van der Waals surface area contributed by atoms with Crippen LogP contribution in [-0.2, 0) is 13.0 Å². The van der Waals surface area contributed by atoms with E-state index >= 15 is 0 Å². The lowest BCUT2D eigenvalue weighted by Gasteiger charge is -2.16. The average molecular weight is 466 g/mol. The van der Waals surface area contributed by atoms with Gasteiger partial charge in [0.1, 0.15) is 5.76 Å². The van der Waals surface area contributed by atoms with Crippen LogP contribution < -0.4 is 5.43 Å². The van der Waals surface area contributed by atoms with Gasteiger partial charge in [0.05, 0.1) is 5.71 Å². The van der Waals surface area contributed by atoms with Crippen LogP contribution in [0, 0.1) is 6.92 Å². The van der Waals surface area contributed by atoms with E-state index in [0.717, 1.165) is 51.8 Å². The fourth-order valence-corrected chi connectivity index (χ4v) is 4.69. The summed E-state index contributed by atoms with van der Waals surface area (Å²) >= 11 is 0. The second-order valence-electron chi connectivity index (χ2n) is 8.88. The van der Waals surface area contributed by atoms with Crippen molar-refractivity contribution in [3.63, 3.8) is 0 Å². The molecule has 6 nitrogen and oxygen atoms in total. The molecule has 4 aromatic rings. The SMILES string of the molecule is Cc1c(C(=O)N(C)Cc2ccccc2)oc2c1/C(=N/NC(=O)c1cccc3ccccc13)CCC2. The minimum absolute atomic E-state index is 0.167. The lowest BCUT2D eigenvalue weighted by Crippen LogP contribution is -2.26. The molecule has 0 saturated carbocycles. The fourth-order valence-electron chi connectivity index (χ4n) is 4.69. The first kappa shape index (κ1) is 22.6. The molecule has 1 heterocycles. The molecule has 35 heavy (non-hydrogen) atoms. The van der Waals surface area contributed by atoms with Crippen LogP contribution in [0.2, 0.25) is 0 Å². The van der Waals surface area contributed by atoms with Crippen molar-refractivity contribution >= 4 is 28.3 Å². The number of hydrazone groups is 1. The average Bonchev–Trinajstić information content (AvgIpc) is 3.23. The van der Waals surface area contributed by atoms with Crippen molar-refractivity contribution in [2.45, 2.75) is 32.7 Å². The number of hydrogen-bond acceptors (Lipinski definition) is 4. The second-order valence-corrected chi connectivity index (χ2v) is 8.88. The number of carbonyl (C=O) groups is 2. The highest BCUT2D eigenvalue weighted by Gasteiger charge is 2.29. The molecule has 0 saturated heterocycles. The fraction of sp³-hybridized carbons (Fsp3) is 0.207. The van der Waals surface area contributed by atoms with Crippen molar-refractivity contribution in [2.75, 3.05) is 7.05 Å². The predicted molar refractivity (Wildman–Crippen MR) is 137 cm³/mol. The number of carbonyl (C=O) groups excluding carboxylic acids is 2. The molecule has 1 aliphatic carbocycles. The van der Waals surface area contributed by atoms with Crippen LogP contribution in [0.3, 0.4) is 0 Å². The lowest BCUT2D eigenvalue weighted by atomic mass is 9.93. The van der Waals surface area contributed by atoms with Crippen LogP contribution in [-0.4, -0.2) is 29.5 Å². The zero-order valence-corrected chi connectivity index (χ0v) is 19.9. The van der Waals surface area contributed by atoms with E-state index < -0.39 is 0 Å². The summed E-state index contributed by atoms with van der Waals surface area (Å²) < 4.78 is 6.05. The number of rotatable bonds is 5. The van der Waals surface area contributed by atoms with Gasteiger partial charge in [-0.2, -0.15) is 5.10 Å². The van der Waals surface area contributed by atoms with E-state index in [0.29, 0.717) is 24.3 Å². The van der Waals surface area contributed by atoms with Crippen molar-refractivity contribution in [1.29, 1.82) is 0 Å². The van der Waals surface area contributed by atoms with Crippen LogP contribution in [0.15, 0.2) is 82.3 Å². The summed E-state index contributed by atoms with van der Waals surface area (Å²) in [5, 5.41) is 6.37. The largest absolute Gasteiger partial charge is 0.455 e. The number of hydrogen-bond donors (Lipinski definition) is 1. The minimum atomic E-state index is -0.263. The number of fused-ring (bicyclic) bond motifs is 2. The van der Waals surface area contributed by atoms with Gasteiger partial charge in [-0.25, -0.2) is 5.43 Å². The molecule has 176 valence electrons. The topological polar surface area (TPSA) is 74.9 Å². The van der Waals surface area contributed by atoms with E-state index in [2.05, 4.69) is 10.5 Å². The van der Waals surface area contributed by atoms with E-state index in [1.165, 1.54) is 0 Å². The molecule has 0 fully saturated rings. The molecule has 0 atom stereocenters. The van der Waals surface area contributed by atoms with Gasteiger partial charge in [0.25, 0.3) is 11.8 Å². The minimum Gasteiger partial charge on any atom is -0.455 e. The number of nitrogens with zero attached hydrogens (tertiary/aromatic N) is 2. The summed E-state index contributed by atoms with van der Waals surface area (Å²) in [6.07, 6.45) is 2.29. The van der Waals surface area contributed by atoms with E-state index in [9.17, 15) is 9.59 Å². The van der Waals surface area contributed by atoms with Gasteiger partial charge >= 0.3 is 0 Å². The van der Waals surface area contributed by atoms with Gasteiger partial charge < -0.3 is 9.32 Å². The Morgan fingerprint density at radius 1 is 0.971 bits per heavy atom. The van der Waals surface area contributed by atoms with Gasteiger partial charge in [0.2, 0.25) is 0 Å². The van der Waals surface area contributed by atoms with E-state index in [-0.39, 0.29) is 11.8 Å². The van der Waals surface area contributed by atoms with Crippen LogP contribution >= 0.6 is 0 Å². The Balaban J connectivity index is 1.39. The number of aryl methyl sites for hydroxylation is 1. The molecule has 0 radical (unpaired) electrons. The first-order chi connectivity index (χ1) is 17.0. The Morgan fingerprint density at radius 2 is 1.71 bits per heavy atom. The smallest absolute Gasteiger partial charge is 0.289 e. The highest BCUT2D eigenvalue weighted by atomic mass is 16.4. The van der Waals surface area contributed by atoms with Crippen LogP contribution in [0.5, 0.6) is 0 Å². The predicted octanol–water partition coefficient (Wildman–Crippen LogP) is 5.48. The van der Waals surface area contributed by atoms with Gasteiger partial charge in [-0.15, -0.1) is 0 Å². The first-order valence-electron chi connectivity index (χ1n) is 11.8. The molecule has 1 N–H and O–H groups in total. The number of nitrogens with one attached hydrogen (secondary N) is 1. The molecule has 0 spiro atoms. The van der Waals surface area contributed by atoms with Crippen molar-refractivity contribution < 1.29 is 14.0 Å². The summed E-state index contributed by atoms with van der Waals surface area (Å²) in [5.41, 5.74) is 6.71. The molecule has 1 aliphatic rings. The molecule has 2 amide bonds. The van der Waals surface area contributed by atoms with Crippen LogP contribution in [0.1, 0.15) is 56.2 Å². The Bertz CT molecular complexity index is 1430. The maximum Gasteiger partial charge on any atom is 0.289 e. The molecular weight excluding hydrogens is 438 g/mol. The highest BCUT2D eigenvalue weighted by Crippen LogP contribution is 2.30. The molecule has 3 aromatic carbocycles. The number of benzene rings is 3. The van der Waals surface area contributed by atoms with Gasteiger partial charge in [0, 0.05) is 36.7 Å². The van der Waals surface area contributed by atoms with Crippen molar-refractivity contribution in [2.24, 2.45) is 5.10 Å². The highest BCUT2D eigenvalue weighted by molar-refractivity contribution is 6.09. The van der Waals surface area contributed by atoms with E-state index in [4.69, 9.17) is 4.42 Å². The van der Waals surface area contributed by atoms with E-state index in [1.807, 2.05) is 73.7 Å². The Kier molecular flexibility index (Phi) is 6.19. The van der Waals surface area contributed by atoms with Crippen molar-refractivity contribution in [3.8, 4) is 0 Å². The molecule has 6 heteroatoms. The van der Waals surface area contributed by atoms with Crippen LogP contribution in [0.25, 0.3) is 10.8 Å². The monoisotopic (exact) mass is 465 g/mol. The summed E-state index contributed by atoms with van der Waals surface area (Å²) in [5.74, 6) is 0.660. The standard InChI is InChI=1S/C29H27N3O3/c1-19-26-24(30-31-28(33)23-15-8-13-21-12-6-7-14-22(21)23)16-9-17-25(26)35-27(19)29(34)32(2)18-20-10-4-3-5-11-20/h3-8,10-15H,9,16-18H2,1-2H3,(H,31,33)/b30-24+. The van der Waals surface area contributed by atoms with Crippen molar-refractivity contribution in [3.05, 3.63) is 107 Å². The van der Waals surface area contributed by atoms with Gasteiger partial charge in [0.15, 0.2) is 5.76 Å². The maximum absolute atomic E-state index is 13.2. The molecule has 0 bridgehead atoms. The second kappa shape index (κ2) is 9.58. The zero-order valence-electron chi connectivity index (χ0n) is 19.9. The first-order valence-corrected chi connectivity index (χ1v) is 11.8. The normalized spacial score (nSPS) is 14.1. The summed E-state index contributed by atoms with van der Waals surface area (Å²) in [7, 11) is 1.77. The van der Waals surface area contributed by atoms with Gasteiger partial charge in [-0.1, -0.05) is 66.7 Å². The third-order valence-corrected chi connectivity index (χ3v) is 6.46. The van der Waals surface area contributed by atoms with Gasteiger partial charge in [-0.05, 0) is 42.2 Å². The number of amides is 2. The maximum atomic E-state index is 13.2. The summed E-state index contributed by atoms with van der Waals surface area (Å²) in [6.45, 7) is 2.38. The van der Waals surface area contributed by atoms with E-state index in [1.54, 1.807) is 18.0 Å². The molecule has 0 unspecified atom stereocenters. The third kappa shape index (κ3) is 4.47. The van der Waals surface area contributed by atoms with Crippen molar-refractivity contribution in [1.82, 2.24) is 10.3 Å². The lowest BCUT2D eigenvalue weighted by molar-refractivity contribution is 0.0750.